The van der Waals surface area contributed by atoms with E-state index < -0.39 is 0 Å². The van der Waals surface area contributed by atoms with Gasteiger partial charge in [-0.05, 0) is 71.8 Å². The average Bonchev–Trinajstić information content (AvgIpc) is 3.06. The quantitative estimate of drug-likeness (QED) is 0.522. The van der Waals surface area contributed by atoms with Crippen molar-refractivity contribution in [1.29, 1.82) is 0 Å². The molecule has 1 saturated heterocycles. The van der Waals surface area contributed by atoms with E-state index >= 15 is 0 Å². The van der Waals surface area contributed by atoms with Crippen LogP contribution in [-0.4, -0.2) is 28.9 Å². The molecule has 0 aliphatic carbocycles. The van der Waals surface area contributed by atoms with E-state index in [-0.39, 0.29) is 5.91 Å². The predicted octanol–water partition coefficient (Wildman–Crippen LogP) is 4.92. The third-order valence-corrected chi connectivity index (χ3v) is 6.45. The Morgan fingerprint density at radius 1 is 1.08 bits per heavy atom. The molecular weight excluding hydrogens is 431 g/mol. The van der Waals surface area contributed by atoms with Crippen molar-refractivity contribution in [3.05, 3.63) is 62.7 Å². The van der Waals surface area contributed by atoms with E-state index in [2.05, 4.69) is 40.8 Å². The SMILES string of the molecule is O=C(c1ccc(I)cc1)N1CCC(c2nc3ccccc3s2)CC1. The number of thiazole rings is 1. The standard InChI is InChI=1S/C19H17IN2OS/c20-15-7-5-14(6-8-15)19(23)22-11-9-13(10-12-22)18-21-16-3-1-2-4-17(16)24-18/h1-8,13H,9-12H2. The van der Waals surface area contributed by atoms with E-state index in [0.29, 0.717) is 5.92 Å². The van der Waals surface area contributed by atoms with Gasteiger partial charge in [0.05, 0.1) is 15.2 Å². The number of rotatable bonds is 2. The lowest BCUT2D eigenvalue weighted by atomic mass is 9.97. The summed E-state index contributed by atoms with van der Waals surface area (Å²) >= 11 is 4.05. The van der Waals surface area contributed by atoms with Crippen molar-refractivity contribution in [1.82, 2.24) is 9.88 Å². The third-order valence-electron chi connectivity index (χ3n) is 4.53. The summed E-state index contributed by atoms with van der Waals surface area (Å²) in [4.78, 5) is 19.4. The number of likely N-dealkylation sites (tertiary alicyclic amines) is 1. The van der Waals surface area contributed by atoms with Gasteiger partial charge in [0.15, 0.2) is 0 Å². The first-order valence-corrected chi connectivity index (χ1v) is 10.0. The number of carbonyl (C=O) groups excluding carboxylic acids is 1. The molecule has 0 spiro atoms. The molecule has 3 nitrogen and oxygen atoms in total. The van der Waals surface area contributed by atoms with Gasteiger partial charge >= 0.3 is 0 Å². The van der Waals surface area contributed by atoms with Crippen LogP contribution < -0.4 is 0 Å². The summed E-state index contributed by atoms with van der Waals surface area (Å²) in [6.45, 7) is 1.62. The van der Waals surface area contributed by atoms with Crippen LogP contribution in [0.15, 0.2) is 48.5 Å². The van der Waals surface area contributed by atoms with Crippen LogP contribution in [0.3, 0.4) is 0 Å². The minimum Gasteiger partial charge on any atom is -0.339 e. The molecule has 0 saturated carbocycles. The van der Waals surface area contributed by atoms with Crippen LogP contribution in [0.2, 0.25) is 0 Å². The number of hydrogen-bond acceptors (Lipinski definition) is 3. The molecule has 0 radical (unpaired) electrons. The number of benzene rings is 2. The maximum atomic E-state index is 12.6. The Morgan fingerprint density at radius 3 is 2.50 bits per heavy atom. The smallest absolute Gasteiger partial charge is 0.253 e. The van der Waals surface area contributed by atoms with Crippen molar-refractivity contribution in [3.8, 4) is 0 Å². The molecule has 0 atom stereocenters. The monoisotopic (exact) mass is 448 g/mol. The second-order valence-corrected chi connectivity index (χ2v) is 8.40. The number of halogens is 1. The first-order valence-electron chi connectivity index (χ1n) is 8.11. The highest BCUT2D eigenvalue weighted by atomic mass is 127. The van der Waals surface area contributed by atoms with Gasteiger partial charge in [-0.3, -0.25) is 4.79 Å². The summed E-state index contributed by atoms with van der Waals surface area (Å²) in [5.74, 6) is 0.623. The van der Waals surface area contributed by atoms with Crippen LogP contribution >= 0.6 is 33.9 Å². The molecular formula is C19H17IN2OS. The van der Waals surface area contributed by atoms with E-state index in [0.717, 1.165) is 40.6 Å². The van der Waals surface area contributed by atoms with E-state index in [1.807, 2.05) is 35.2 Å². The molecule has 2 heterocycles. The Hall–Kier alpha value is -1.47. The minimum absolute atomic E-state index is 0.147. The maximum absolute atomic E-state index is 12.6. The van der Waals surface area contributed by atoms with Gasteiger partial charge in [-0.2, -0.15) is 0 Å². The number of hydrogen-bond donors (Lipinski definition) is 0. The van der Waals surface area contributed by atoms with Crippen LogP contribution in [0.5, 0.6) is 0 Å². The summed E-state index contributed by atoms with van der Waals surface area (Å²) in [5.41, 5.74) is 1.88. The van der Waals surface area contributed by atoms with Gasteiger partial charge in [0.25, 0.3) is 5.91 Å². The molecule has 24 heavy (non-hydrogen) atoms. The summed E-state index contributed by atoms with van der Waals surface area (Å²) in [7, 11) is 0. The number of piperidine rings is 1. The predicted molar refractivity (Wildman–Crippen MR) is 107 cm³/mol. The Balaban J connectivity index is 1.44. The molecule has 4 rings (SSSR count). The number of amides is 1. The van der Waals surface area contributed by atoms with Gasteiger partial charge in [-0.25, -0.2) is 4.98 Å². The van der Waals surface area contributed by atoms with Crippen LogP contribution in [0.1, 0.15) is 34.1 Å². The van der Waals surface area contributed by atoms with Crippen LogP contribution in [0.25, 0.3) is 10.2 Å². The lowest BCUT2D eigenvalue weighted by Crippen LogP contribution is -2.37. The summed E-state index contributed by atoms with van der Waals surface area (Å²) in [6, 6.07) is 16.1. The zero-order valence-electron chi connectivity index (χ0n) is 13.1. The van der Waals surface area contributed by atoms with E-state index in [9.17, 15) is 4.79 Å². The molecule has 0 unspecified atom stereocenters. The zero-order chi connectivity index (χ0) is 16.5. The zero-order valence-corrected chi connectivity index (χ0v) is 16.1. The number of aromatic nitrogens is 1. The fraction of sp³-hybridized carbons (Fsp3) is 0.263. The second-order valence-electron chi connectivity index (χ2n) is 6.09. The number of carbonyl (C=O) groups is 1. The number of fused-ring (bicyclic) bond motifs is 1. The van der Waals surface area contributed by atoms with Gasteiger partial charge in [0, 0.05) is 28.1 Å². The molecule has 0 N–H and O–H groups in total. The van der Waals surface area contributed by atoms with Crippen LogP contribution in [0.4, 0.5) is 0 Å². The van der Waals surface area contributed by atoms with Crippen molar-refractivity contribution in [2.45, 2.75) is 18.8 Å². The minimum atomic E-state index is 0.147. The van der Waals surface area contributed by atoms with Crippen molar-refractivity contribution in [2.75, 3.05) is 13.1 Å². The van der Waals surface area contributed by atoms with Crippen molar-refractivity contribution in [3.63, 3.8) is 0 Å². The molecule has 1 aliphatic heterocycles. The highest BCUT2D eigenvalue weighted by Crippen LogP contribution is 2.34. The summed E-state index contributed by atoms with van der Waals surface area (Å²) in [5, 5.41) is 1.22. The lowest BCUT2D eigenvalue weighted by molar-refractivity contribution is 0.0713. The molecule has 1 amide bonds. The first-order chi connectivity index (χ1) is 11.7. The van der Waals surface area contributed by atoms with Gasteiger partial charge < -0.3 is 4.90 Å². The molecule has 122 valence electrons. The normalized spacial score (nSPS) is 15.8. The summed E-state index contributed by atoms with van der Waals surface area (Å²) < 4.78 is 2.41. The van der Waals surface area contributed by atoms with Gasteiger partial charge in [-0.15, -0.1) is 11.3 Å². The van der Waals surface area contributed by atoms with Crippen molar-refractivity contribution in [2.24, 2.45) is 0 Å². The third kappa shape index (κ3) is 3.19. The summed E-state index contributed by atoms with van der Waals surface area (Å²) in [6.07, 6.45) is 1.99. The molecule has 5 heteroatoms. The highest BCUT2D eigenvalue weighted by molar-refractivity contribution is 14.1. The Bertz CT molecular complexity index is 833. The molecule has 1 aliphatic rings. The average molecular weight is 448 g/mol. The topological polar surface area (TPSA) is 33.2 Å². The van der Waals surface area contributed by atoms with E-state index in [4.69, 9.17) is 4.98 Å². The fourth-order valence-electron chi connectivity index (χ4n) is 3.17. The molecule has 0 bridgehead atoms. The van der Waals surface area contributed by atoms with Gasteiger partial charge in [0.2, 0.25) is 0 Å². The Morgan fingerprint density at radius 2 is 1.79 bits per heavy atom. The highest BCUT2D eigenvalue weighted by Gasteiger charge is 2.26. The van der Waals surface area contributed by atoms with Crippen molar-refractivity contribution < 1.29 is 4.79 Å². The fourth-order valence-corrected chi connectivity index (χ4v) is 4.67. The number of nitrogens with zero attached hydrogens (tertiary/aromatic N) is 2. The molecule has 2 aromatic carbocycles. The van der Waals surface area contributed by atoms with E-state index in [1.165, 1.54) is 9.71 Å². The largest absolute Gasteiger partial charge is 0.339 e. The Kier molecular flexibility index (Phi) is 4.54. The van der Waals surface area contributed by atoms with Gasteiger partial charge in [0.1, 0.15) is 0 Å². The van der Waals surface area contributed by atoms with Crippen molar-refractivity contribution >= 4 is 50.1 Å². The van der Waals surface area contributed by atoms with Crippen LogP contribution in [-0.2, 0) is 0 Å². The molecule has 1 aromatic heterocycles. The van der Waals surface area contributed by atoms with E-state index in [1.54, 1.807) is 11.3 Å². The van der Waals surface area contributed by atoms with Gasteiger partial charge in [-0.1, -0.05) is 12.1 Å². The second kappa shape index (κ2) is 6.80. The molecule has 3 aromatic rings. The first kappa shape index (κ1) is 16.0. The lowest BCUT2D eigenvalue weighted by Gasteiger charge is -2.31. The molecule has 1 fully saturated rings. The number of para-hydroxylation sites is 1. The Labute approximate surface area is 158 Å². The maximum Gasteiger partial charge on any atom is 0.253 e. The van der Waals surface area contributed by atoms with Crippen LogP contribution in [0, 0.1) is 3.57 Å².